The quantitative estimate of drug-likeness (QED) is 0.337. The second-order valence-corrected chi connectivity index (χ2v) is 36.6. The summed E-state index contributed by atoms with van der Waals surface area (Å²) in [5.74, 6) is 0. The zero-order chi connectivity index (χ0) is 24.6. The number of halogens is 2. The summed E-state index contributed by atoms with van der Waals surface area (Å²) in [4.78, 5) is 0. The van der Waals surface area contributed by atoms with Crippen molar-refractivity contribution in [3.05, 3.63) is 69.8 Å². The molecule has 0 radical (unpaired) electrons. The molecule has 2 aliphatic carbocycles. The van der Waals surface area contributed by atoms with Gasteiger partial charge in [-0.3, -0.25) is 0 Å². The Balaban J connectivity index is 1.98. The molecule has 0 saturated carbocycles. The normalized spacial score (nSPS) is 20.8. The van der Waals surface area contributed by atoms with Crippen molar-refractivity contribution in [3.63, 3.8) is 0 Å². The Morgan fingerprint density at radius 2 is 1.06 bits per heavy atom. The Bertz CT molecular complexity index is 1190. The Hall–Kier alpha value is -0.482. The maximum absolute atomic E-state index is 8.01. The monoisotopic (exact) mass is 548 g/mol. The van der Waals surface area contributed by atoms with E-state index in [0.29, 0.717) is 0 Å². The molecule has 4 rings (SSSR count). The molecule has 5 heteroatoms. The van der Waals surface area contributed by atoms with Crippen molar-refractivity contribution < 1.29 is 12.7 Å². The summed E-state index contributed by atoms with van der Waals surface area (Å²) in [7, 11) is 13.0. The number of rotatable bonds is 4. The first-order valence-corrected chi connectivity index (χ1v) is 26.1. The van der Waals surface area contributed by atoms with E-state index in [1.165, 1.54) is 43.8 Å². The molecule has 176 valence electrons. The number of hydrogen-bond acceptors (Lipinski definition) is 0. The van der Waals surface area contributed by atoms with Crippen LogP contribution >= 0.6 is 18.6 Å². The summed E-state index contributed by atoms with van der Waals surface area (Å²) in [6.45, 7) is 21.2. The van der Waals surface area contributed by atoms with Crippen molar-refractivity contribution in [3.8, 4) is 0 Å². The third-order valence-corrected chi connectivity index (χ3v) is 24.9. The zero-order valence-electron chi connectivity index (χ0n) is 21.6. The molecule has 2 aromatic rings. The van der Waals surface area contributed by atoms with Gasteiger partial charge in [-0.1, -0.05) is 0 Å². The van der Waals surface area contributed by atoms with E-state index in [9.17, 15) is 0 Å². The van der Waals surface area contributed by atoms with E-state index in [2.05, 4.69) is 113 Å². The van der Waals surface area contributed by atoms with E-state index in [4.69, 9.17) is 18.6 Å². The molecule has 0 aliphatic heterocycles. The van der Waals surface area contributed by atoms with Crippen molar-refractivity contribution in [2.45, 2.75) is 68.5 Å². The van der Waals surface area contributed by atoms with Crippen LogP contribution in [0.25, 0.3) is 12.2 Å². The van der Waals surface area contributed by atoms with Crippen LogP contribution in [0.5, 0.6) is 0 Å². The topological polar surface area (TPSA) is 0 Å². The Morgan fingerprint density at radius 3 is 1.36 bits per heavy atom. The van der Waals surface area contributed by atoms with Crippen LogP contribution in [0.15, 0.2) is 47.5 Å². The molecule has 2 unspecified atom stereocenters. The first-order valence-electron chi connectivity index (χ1n) is 12.1. The fourth-order valence-electron chi connectivity index (χ4n) is 6.38. The van der Waals surface area contributed by atoms with Gasteiger partial charge in [0.25, 0.3) is 0 Å². The number of allylic oxidation sites excluding steroid dienone is 2. The fraction of sp³-hybridized carbons (Fsp3) is 0.393. The van der Waals surface area contributed by atoms with Crippen LogP contribution in [0.1, 0.15) is 51.5 Å². The predicted molar refractivity (Wildman–Crippen MR) is 155 cm³/mol. The average Bonchev–Trinajstić information content (AvgIpc) is 3.22. The van der Waals surface area contributed by atoms with E-state index in [0.717, 1.165) is 0 Å². The predicted octanol–water partition coefficient (Wildman–Crippen LogP) is 8.21. The van der Waals surface area contributed by atoms with Crippen LogP contribution in [0, 0.1) is 0 Å². The molecule has 0 amide bonds. The first kappa shape index (κ1) is 25.6. The summed E-state index contributed by atoms with van der Waals surface area (Å²) in [5.41, 5.74) is 8.17. The van der Waals surface area contributed by atoms with Crippen LogP contribution in [0.4, 0.5) is 0 Å². The van der Waals surface area contributed by atoms with Gasteiger partial charge in [-0.2, -0.15) is 0 Å². The summed E-state index contributed by atoms with van der Waals surface area (Å²) in [6.07, 6.45) is 4.80. The fourth-order valence-corrected chi connectivity index (χ4v) is 21.6. The molecule has 2 aliphatic rings. The van der Waals surface area contributed by atoms with Gasteiger partial charge in [0.15, 0.2) is 0 Å². The van der Waals surface area contributed by atoms with Crippen molar-refractivity contribution in [2.75, 3.05) is 0 Å². The molecule has 0 saturated heterocycles. The molecule has 0 aromatic heterocycles. The van der Waals surface area contributed by atoms with Gasteiger partial charge < -0.3 is 0 Å². The summed E-state index contributed by atoms with van der Waals surface area (Å²) in [5, 5.41) is 3.03. The number of benzene rings is 2. The molecule has 0 bridgehead atoms. The van der Waals surface area contributed by atoms with Crippen molar-refractivity contribution in [1.82, 2.24) is 0 Å². The molecule has 0 nitrogen and oxygen atoms in total. The second-order valence-electron chi connectivity index (χ2n) is 12.3. The maximum atomic E-state index is 8.01. The molecular weight excluding hydrogens is 511 g/mol. The van der Waals surface area contributed by atoms with Crippen LogP contribution in [-0.2, 0) is 12.7 Å². The summed E-state index contributed by atoms with van der Waals surface area (Å²) >= 11 is -4.35. The van der Waals surface area contributed by atoms with Gasteiger partial charge in [0.05, 0.1) is 0 Å². The Kier molecular flexibility index (Phi) is 6.22. The van der Waals surface area contributed by atoms with Gasteiger partial charge in [0.1, 0.15) is 0 Å². The number of fused-ring (bicyclic) bond motifs is 2. The van der Waals surface area contributed by atoms with E-state index in [1.54, 1.807) is 0 Å². The van der Waals surface area contributed by atoms with Gasteiger partial charge in [-0.05, 0) is 0 Å². The molecule has 2 atom stereocenters. The third kappa shape index (κ3) is 3.94. The third-order valence-electron chi connectivity index (χ3n) is 7.83. The average molecular weight is 550 g/mol. The standard InChI is InChI=1S/2C13H17Si.C2H4.2ClH.Ti/c2*1-10-8-11-6-5-7-13(12(11)9-10)14(2,3)4;1-2;;;/h2*5-9H,1-4H3;1H,2H3;2*1H;/q;;;;;+2/p-2. The second kappa shape index (κ2) is 8.01. The number of hydrogen-bond donors (Lipinski definition) is 0. The molecular formula is C28H38Cl2Si2Ti. The van der Waals surface area contributed by atoms with Crippen LogP contribution < -0.4 is 10.4 Å². The van der Waals surface area contributed by atoms with E-state index in [-0.39, 0.29) is 8.45 Å². The van der Waals surface area contributed by atoms with Gasteiger partial charge in [-0.15, -0.1) is 0 Å². The van der Waals surface area contributed by atoms with Crippen LogP contribution in [-0.4, -0.2) is 20.5 Å². The van der Waals surface area contributed by atoms with Crippen molar-refractivity contribution in [2.24, 2.45) is 0 Å². The first-order chi connectivity index (χ1) is 15.1. The van der Waals surface area contributed by atoms with Crippen LogP contribution in [0.2, 0.25) is 39.3 Å². The molecule has 0 N–H and O–H groups in total. The van der Waals surface area contributed by atoms with E-state index < -0.39 is 28.9 Å². The molecule has 33 heavy (non-hydrogen) atoms. The SMILES string of the molecule is C[CH]=[Ti]([Cl])([Cl])([CH]1C(C)=Cc2c1cccc2[Si](C)(C)C)[CH]1C(C)=Cc2c1cccc2[Si](C)(C)C. The summed E-state index contributed by atoms with van der Waals surface area (Å²) in [6, 6.07) is 13.7. The van der Waals surface area contributed by atoms with Gasteiger partial charge in [0.2, 0.25) is 0 Å². The molecule has 2 aromatic carbocycles. The van der Waals surface area contributed by atoms with Gasteiger partial charge in [-0.25, -0.2) is 0 Å². The van der Waals surface area contributed by atoms with Crippen LogP contribution in [0.3, 0.4) is 0 Å². The van der Waals surface area contributed by atoms with Gasteiger partial charge >= 0.3 is 213 Å². The summed E-state index contributed by atoms with van der Waals surface area (Å²) < 4.78 is 2.45. The van der Waals surface area contributed by atoms with E-state index in [1.807, 2.05) is 0 Å². The molecule has 0 fully saturated rings. The van der Waals surface area contributed by atoms with Gasteiger partial charge in [0, 0.05) is 0 Å². The minimum absolute atomic E-state index is 0.0940. The van der Waals surface area contributed by atoms with Crippen molar-refractivity contribution in [1.29, 1.82) is 0 Å². The Morgan fingerprint density at radius 1 is 0.697 bits per heavy atom. The minimum atomic E-state index is -4.35. The zero-order valence-corrected chi connectivity index (χ0v) is 26.7. The van der Waals surface area contributed by atoms with E-state index >= 15 is 0 Å². The molecule has 0 heterocycles. The Labute approximate surface area is 211 Å². The van der Waals surface area contributed by atoms with Crippen molar-refractivity contribution >= 4 is 61.6 Å². The molecule has 0 spiro atoms.